The van der Waals surface area contributed by atoms with Crippen molar-refractivity contribution in [2.45, 2.75) is 38.1 Å². The molecule has 0 heterocycles. The third-order valence-electron chi connectivity index (χ3n) is 3.26. The summed E-state index contributed by atoms with van der Waals surface area (Å²) in [7, 11) is 0. The van der Waals surface area contributed by atoms with Crippen molar-refractivity contribution >= 4 is 22.6 Å². The molecule has 1 nitrogen and oxygen atoms in total. The average Bonchev–Trinajstić information content (AvgIpc) is 2.22. The van der Waals surface area contributed by atoms with Gasteiger partial charge < -0.3 is 5.73 Å². The van der Waals surface area contributed by atoms with E-state index < -0.39 is 0 Å². The van der Waals surface area contributed by atoms with Gasteiger partial charge in [0.15, 0.2) is 0 Å². The molecule has 0 aromatic heterocycles. The van der Waals surface area contributed by atoms with Crippen LogP contribution >= 0.6 is 22.6 Å². The van der Waals surface area contributed by atoms with E-state index in [-0.39, 0.29) is 0 Å². The second kappa shape index (κ2) is 5.30. The summed E-state index contributed by atoms with van der Waals surface area (Å²) >= 11 is 2.35. The van der Waals surface area contributed by atoms with Crippen LogP contribution < -0.4 is 5.73 Å². The number of halogens is 1. The fourth-order valence-electron chi connectivity index (χ4n) is 2.47. The maximum absolute atomic E-state index is 6.00. The van der Waals surface area contributed by atoms with Crippen molar-refractivity contribution < 1.29 is 0 Å². The minimum atomic E-state index is 0.451. The number of hydrogen-bond donors (Lipinski definition) is 1. The molecule has 1 aliphatic carbocycles. The standard InChI is InChI=1S/C13H18IN/c14-12-6-4-10(5-7-12)8-11-2-1-3-13(15)9-11/h4-7,11,13H,1-3,8-9,15H2. The molecule has 0 aliphatic heterocycles. The largest absolute Gasteiger partial charge is 0.328 e. The van der Waals surface area contributed by atoms with Crippen LogP contribution in [0.5, 0.6) is 0 Å². The highest BCUT2D eigenvalue weighted by molar-refractivity contribution is 14.1. The maximum atomic E-state index is 6.00. The Kier molecular flexibility index (Phi) is 4.03. The Morgan fingerprint density at radius 1 is 1.20 bits per heavy atom. The number of nitrogens with two attached hydrogens (primary N) is 1. The molecule has 2 N–H and O–H groups in total. The minimum absolute atomic E-state index is 0.451. The molecular weight excluding hydrogens is 297 g/mol. The number of rotatable bonds is 2. The minimum Gasteiger partial charge on any atom is -0.328 e. The Hall–Kier alpha value is -0.0900. The molecule has 0 spiro atoms. The summed E-state index contributed by atoms with van der Waals surface area (Å²) in [6.45, 7) is 0. The molecule has 1 fully saturated rings. The molecule has 0 saturated heterocycles. The van der Waals surface area contributed by atoms with Crippen molar-refractivity contribution in [2.24, 2.45) is 11.7 Å². The highest BCUT2D eigenvalue weighted by atomic mass is 127. The average molecular weight is 315 g/mol. The first-order valence-corrected chi connectivity index (χ1v) is 6.82. The van der Waals surface area contributed by atoms with Crippen LogP contribution in [0.2, 0.25) is 0 Å². The smallest absolute Gasteiger partial charge is 0.0130 e. The van der Waals surface area contributed by atoms with E-state index in [1.165, 1.54) is 41.2 Å². The van der Waals surface area contributed by atoms with Crippen molar-refractivity contribution in [2.75, 3.05) is 0 Å². The van der Waals surface area contributed by atoms with Gasteiger partial charge in [-0.2, -0.15) is 0 Å². The monoisotopic (exact) mass is 315 g/mol. The van der Waals surface area contributed by atoms with E-state index in [0.717, 1.165) is 5.92 Å². The number of hydrogen-bond acceptors (Lipinski definition) is 1. The molecule has 0 radical (unpaired) electrons. The van der Waals surface area contributed by atoms with Crippen molar-refractivity contribution in [3.8, 4) is 0 Å². The summed E-state index contributed by atoms with van der Waals surface area (Å²) in [4.78, 5) is 0. The van der Waals surface area contributed by atoms with E-state index in [1.54, 1.807) is 0 Å². The molecule has 2 unspecified atom stereocenters. The van der Waals surface area contributed by atoms with E-state index in [9.17, 15) is 0 Å². The molecule has 1 saturated carbocycles. The second-order valence-corrected chi connectivity index (χ2v) is 5.87. The highest BCUT2D eigenvalue weighted by Crippen LogP contribution is 2.26. The van der Waals surface area contributed by atoms with Crippen molar-refractivity contribution in [1.82, 2.24) is 0 Å². The fraction of sp³-hybridized carbons (Fsp3) is 0.538. The predicted molar refractivity (Wildman–Crippen MR) is 72.8 cm³/mol. The first kappa shape index (κ1) is 11.4. The van der Waals surface area contributed by atoms with Gasteiger partial charge >= 0.3 is 0 Å². The van der Waals surface area contributed by atoms with Crippen LogP contribution in [0.15, 0.2) is 24.3 Å². The van der Waals surface area contributed by atoms with Gasteiger partial charge in [-0.1, -0.05) is 25.0 Å². The lowest BCUT2D eigenvalue weighted by Crippen LogP contribution is -2.28. The number of benzene rings is 1. The molecule has 1 aromatic carbocycles. The summed E-state index contributed by atoms with van der Waals surface area (Å²) in [6, 6.07) is 9.34. The molecule has 1 aromatic rings. The third kappa shape index (κ3) is 3.45. The van der Waals surface area contributed by atoms with Gasteiger partial charge in [0.05, 0.1) is 0 Å². The topological polar surface area (TPSA) is 26.0 Å². The molecule has 1 aliphatic rings. The van der Waals surface area contributed by atoms with Crippen LogP contribution in [0.25, 0.3) is 0 Å². The SMILES string of the molecule is NC1CCCC(Cc2ccc(I)cc2)C1. The second-order valence-electron chi connectivity index (χ2n) is 4.62. The van der Waals surface area contributed by atoms with Crippen LogP contribution in [0.1, 0.15) is 31.2 Å². The van der Waals surface area contributed by atoms with Gasteiger partial charge in [0, 0.05) is 9.61 Å². The summed E-state index contributed by atoms with van der Waals surface area (Å²) in [6.07, 6.45) is 6.33. The zero-order chi connectivity index (χ0) is 10.7. The van der Waals surface area contributed by atoms with Crippen LogP contribution in [0.4, 0.5) is 0 Å². The Balaban J connectivity index is 1.93. The van der Waals surface area contributed by atoms with Crippen molar-refractivity contribution in [1.29, 1.82) is 0 Å². The summed E-state index contributed by atoms with van der Waals surface area (Å²) in [5.41, 5.74) is 7.47. The lowest BCUT2D eigenvalue weighted by Gasteiger charge is -2.26. The van der Waals surface area contributed by atoms with Crippen LogP contribution in [-0.2, 0) is 6.42 Å². The van der Waals surface area contributed by atoms with Gasteiger partial charge in [0.2, 0.25) is 0 Å². The van der Waals surface area contributed by atoms with Gasteiger partial charge in [-0.15, -0.1) is 0 Å². The Bertz CT molecular complexity index is 307. The van der Waals surface area contributed by atoms with E-state index in [0.29, 0.717) is 6.04 Å². The lowest BCUT2D eigenvalue weighted by atomic mass is 9.82. The molecule has 0 amide bonds. The molecular formula is C13H18IN. The molecule has 2 atom stereocenters. The normalized spacial score (nSPS) is 26.5. The van der Waals surface area contributed by atoms with Gasteiger partial charge in [-0.25, -0.2) is 0 Å². The Labute approximate surface area is 106 Å². The van der Waals surface area contributed by atoms with E-state index in [1.807, 2.05) is 0 Å². The molecule has 82 valence electrons. The predicted octanol–water partition coefficient (Wildman–Crippen LogP) is 3.35. The maximum Gasteiger partial charge on any atom is 0.0130 e. The first-order chi connectivity index (χ1) is 7.24. The van der Waals surface area contributed by atoms with Crippen molar-refractivity contribution in [3.63, 3.8) is 0 Å². The molecule has 15 heavy (non-hydrogen) atoms. The zero-order valence-electron chi connectivity index (χ0n) is 8.95. The zero-order valence-corrected chi connectivity index (χ0v) is 11.1. The quantitative estimate of drug-likeness (QED) is 0.832. The van der Waals surface area contributed by atoms with Gasteiger partial charge in [0.1, 0.15) is 0 Å². The Morgan fingerprint density at radius 2 is 1.93 bits per heavy atom. The highest BCUT2D eigenvalue weighted by Gasteiger charge is 2.19. The third-order valence-corrected chi connectivity index (χ3v) is 3.98. The fourth-order valence-corrected chi connectivity index (χ4v) is 2.83. The van der Waals surface area contributed by atoms with Crippen molar-refractivity contribution in [3.05, 3.63) is 33.4 Å². The summed E-state index contributed by atoms with van der Waals surface area (Å²) < 4.78 is 1.32. The Morgan fingerprint density at radius 3 is 2.60 bits per heavy atom. The van der Waals surface area contributed by atoms with E-state index in [4.69, 9.17) is 5.73 Å². The summed E-state index contributed by atoms with van der Waals surface area (Å²) in [5, 5.41) is 0. The van der Waals surface area contributed by atoms with Crippen LogP contribution in [0, 0.1) is 9.49 Å². The molecule has 0 bridgehead atoms. The lowest BCUT2D eigenvalue weighted by molar-refractivity contribution is 0.321. The molecule has 2 heteroatoms. The van der Waals surface area contributed by atoms with Crippen LogP contribution in [-0.4, -0.2) is 6.04 Å². The molecule has 2 rings (SSSR count). The van der Waals surface area contributed by atoms with E-state index >= 15 is 0 Å². The first-order valence-electron chi connectivity index (χ1n) is 5.74. The van der Waals surface area contributed by atoms with Gasteiger partial charge in [-0.3, -0.25) is 0 Å². The van der Waals surface area contributed by atoms with E-state index in [2.05, 4.69) is 46.9 Å². The van der Waals surface area contributed by atoms with Gasteiger partial charge in [0.25, 0.3) is 0 Å². The summed E-state index contributed by atoms with van der Waals surface area (Å²) in [5.74, 6) is 0.814. The van der Waals surface area contributed by atoms with Gasteiger partial charge in [-0.05, 0) is 65.5 Å². The van der Waals surface area contributed by atoms with Crippen LogP contribution in [0.3, 0.4) is 0 Å².